The van der Waals surface area contributed by atoms with Crippen LogP contribution in [-0.4, -0.2) is 32.1 Å². The molecule has 0 aromatic carbocycles. The summed E-state index contributed by atoms with van der Waals surface area (Å²) in [6, 6.07) is 4.19. The van der Waals surface area contributed by atoms with E-state index in [4.69, 9.17) is 0 Å². The number of hydrogen-bond donors (Lipinski definition) is 0. The van der Waals surface area contributed by atoms with Crippen LogP contribution >= 0.6 is 11.3 Å². The van der Waals surface area contributed by atoms with E-state index in [0.29, 0.717) is 18.9 Å². The summed E-state index contributed by atoms with van der Waals surface area (Å²) in [6.07, 6.45) is 2.52. The number of rotatable bonds is 5. The molecule has 0 fully saturated rings. The number of hydrogen-bond acceptors (Lipinski definition) is 4. The van der Waals surface area contributed by atoms with Crippen LogP contribution in [0, 0.1) is 0 Å². The quantitative estimate of drug-likeness (QED) is 0.852. The maximum absolute atomic E-state index is 12.3. The molecule has 0 unspecified atom stereocenters. The van der Waals surface area contributed by atoms with Gasteiger partial charge in [0.05, 0.1) is 6.54 Å². The summed E-state index contributed by atoms with van der Waals surface area (Å²) in [6.45, 7) is 6.42. The lowest BCUT2D eigenvalue weighted by Crippen LogP contribution is -2.38. The Kier molecular flexibility index (Phi) is 4.57. The van der Waals surface area contributed by atoms with Gasteiger partial charge < -0.3 is 9.47 Å². The van der Waals surface area contributed by atoms with Crippen LogP contribution in [-0.2, 0) is 24.3 Å². The van der Waals surface area contributed by atoms with Crippen LogP contribution in [0.5, 0.6) is 0 Å². The van der Waals surface area contributed by atoms with Gasteiger partial charge in [0.15, 0.2) is 5.82 Å². The standard InChI is InChI=1S/C16H22N4OS/c1-12(2)16-18-17-14-11-19(8-9-20(14)16)15(21)7-3-5-13-6-4-10-22-13/h4,6,10,12H,3,5,7-9,11H2,1-2H3. The number of aryl methyl sites for hydroxylation is 1. The molecule has 118 valence electrons. The molecule has 5 nitrogen and oxygen atoms in total. The molecule has 2 aromatic rings. The minimum atomic E-state index is 0.233. The van der Waals surface area contributed by atoms with Crippen LogP contribution < -0.4 is 0 Å². The molecule has 0 atom stereocenters. The molecule has 2 aromatic heterocycles. The van der Waals surface area contributed by atoms with Crippen molar-refractivity contribution >= 4 is 17.2 Å². The Morgan fingerprint density at radius 2 is 2.23 bits per heavy atom. The Morgan fingerprint density at radius 3 is 2.95 bits per heavy atom. The van der Waals surface area contributed by atoms with Crippen molar-refractivity contribution in [1.82, 2.24) is 19.7 Å². The van der Waals surface area contributed by atoms with Gasteiger partial charge in [-0.05, 0) is 24.3 Å². The van der Waals surface area contributed by atoms with Crippen molar-refractivity contribution in [2.45, 2.75) is 52.1 Å². The molecule has 0 bridgehead atoms. The van der Waals surface area contributed by atoms with Gasteiger partial charge in [0.2, 0.25) is 5.91 Å². The molecular weight excluding hydrogens is 296 g/mol. The van der Waals surface area contributed by atoms with E-state index in [1.54, 1.807) is 11.3 Å². The minimum Gasteiger partial charge on any atom is -0.333 e. The summed E-state index contributed by atoms with van der Waals surface area (Å²) in [7, 11) is 0. The molecule has 22 heavy (non-hydrogen) atoms. The van der Waals surface area contributed by atoms with Gasteiger partial charge >= 0.3 is 0 Å². The number of nitrogens with zero attached hydrogens (tertiary/aromatic N) is 4. The highest BCUT2D eigenvalue weighted by Crippen LogP contribution is 2.19. The highest BCUT2D eigenvalue weighted by atomic mass is 32.1. The summed E-state index contributed by atoms with van der Waals surface area (Å²) in [4.78, 5) is 15.6. The van der Waals surface area contributed by atoms with Crippen molar-refractivity contribution in [3.8, 4) is 0 Å². The van der Waals surface area contributed by atoms with Crippen LogP contribution in [0.25, 0.3) is 0 Å². The molecule has 6 heteroatoms. The molecule has 3 rings (SSSR count). The maximum atomic E-state index is 12.3. The number of carbonyl (C=O) groups is 1. The van der Waals surface area contributed by atoms with Crippen molar-refractivity contribution in [2.75, 3.05) is 6.54 Å². The van der Waals surface area contributed by atoms with Crippen LogP contribution in [0.3, 0.4) is 0 Å². The largest absolute Gasteiger partial charge is 0.333 e. The molecule has 3 heterocycles. The monoisotopic (exact) mass is 318 g/mol. The summed E-state index contributed by atoms with van der Waals surface area (Å²) < 4.78 is 2.17. The van der Waals surface area contributed by atoms with Crippen LogP contribution in [0.2, 0.25) is 0 Å². The third-order valence-corrected chi connectivity index (χ3v) is 4.98. The molecule has 1 amide bonds. The summed E-state index contributed by atoms with van der Waals surface area (Å²) in [5, 5.41) is 10.6. The van der Waals surface area contributed by atoms with Crippen LogP contribution in [0.4, 0.5) is 0 Å². The molecule has 1 aliphatic rings. The smallest absolute Gasteiger partial charge is 0.223 e. The van der Waals surface area contributed by atoms with E-state index in [-0.39, 0.29) is 5.91 Å². The zero-order valence-electron chi connectivity index (χ0n) is 13.2. The van der Waals surface area contributed by atoms with Gasteiger partial charge in [-0.1, -0.05) is 19.9 Å². The van der Waals surface area contributed by atoms with Crippen molar-refractivity contribution in [2.24, 2.45) is 0 Å². The summed E-state index contributed by atoms with van der Waals surface area (Å²) in [5.41, 5.74) is 0. The van der Waals surface area contributed by atoms with E-state index >= 15 is 0 Å². The van der Waals surface area contributed by atoms with Gasteiger partial charge in [-0.2, -0.15) is 0 Å². The first-order valence-electron chi connectivity index (χ1n) is 7.87. The normalized spacial score (nSPS) is 14.4. The summed E-state index contributed by atoms with van der Waals surface area (Å²) >= 11 is 1.76. The van der Waals surface area contributed by atoms with Crippen LogP contribution in [0.1, 0.15) is 49.1 Å². The molecule has 0 spiro atoms. The van der Waals surface area contributed by atoms with E-state index in [9.17, 15) is 4.79 Å². The fourth-order valence-corrected chi connectivity index (χ4v) is 3.60. The zero-order valence-corrected chi connectivity index (χ0v) is 14.0. The maximum Gasteiger partial charge on any atom is 0.223 e. The average molecular weight is 318 g/mol. The number of thiophene rings is 1. The highest BCUT2D eigenvalue weighted by Gasteiger charge is 2.24. The second kappa shape index (κ2) is 6.60. The average Bonchev–Trinajstić information content (AvgIpc) is 3.15. The first-order chi connectivity index (χ1) is 10.6. The van der Waals surface area contributed by atoms with Gasteiger partial charge in [0, 0.05) is 30.3 Å². The molecule has 0 N–H and O–H groups in total. The van der Waals surface area contributed by atoms with Crippen LogP contribution in [0.15, 0.2) is 17.5 Å². The molecule has 0 aliphatic carbocycles. The molecule has 0 radical (unpaired) electrons. The first kappa shape index (κ1) is 15.2. The van der Waals surface area contributed by atoms with Gasteiger partial charge in [-0.15, -0.1) is 21.5 Å². The minimum absolute atomic E-state index is 0.233. The second-order valence-electron chi connectivity index (χ2n) is 6.03. The van der Waals surface area contributed by atoms with E-state index in [1.807, 2.05) is 4.90 Å². The van der Waals surface area contributed by atoms with Gasteiger partial charge in [-0.25, -0.2) is 0 Å². The fraction of sp³-hybridized carbons (Fsp3) is 0.562. The fourth-order valence-electron chi connectivity index (χ4n) is 2.85. The van der Waals surface area contributed by atoms with Crippen molar-refractivity contribution in [3.05, 3.63) is 34.0 Å². The number of amides is 1. The number of aromatic nitrogens is 3. The Balaban J connectivity index is 1.54. The lowest BCUT2D eigenvalue weighted by Gasteiger charge is -2.28. The van der Waals surface area contributed by atoms with Crippen molar-refractivity contribution in [3.63, 3.8) is 0 Å². The highest BCUT2D eigenvalue weighted by molar-refractivity contribution is 7.09. The topological polar surface area (TPSA) is 51.0 Å². The van der Waals surface area contributed by atoms with Gasteiger partial charge in [-0.3, -0.25) is 4.79 Å². The first-order valence-corrected chi connectivity index (χ1v) is 8.75. The second-order valence-corrected chi connectivity index (χ2v) is 7.06. The summed E-state index contributed by atoms with van der Waals surface area (Å²) in [5.74, 6) is 2.55. The van der Waals surface area contributed by atoms with E-state index in [0.717, 1.165) is 37.6 Å². The predicted octanol–water partition coefficient (Wildman–Crippen LogP) is 2.83. The Labute approximate surface area is 135 Å². The lowest BCUT2D eigenvalue weighted by molar-refractivity contribution is -0.132. The van der Waals surface area contributed by atoms with Crippen molar-refractivity contribution < 1.29 is 4.79 Å². The Bertz CT molecular complexity index is 633. The molecule has 0 saturated carbocycles. The van der Waals surface area contributed by atoms with Gasteiger partial charge in [0.25, 0.3) is 0 Å². The molecule has 1 aliphatic heterocycles. The van der Waals surface area contributed by atoms with E-state index < -0.39 is 0 Å². The number of fused-ring (bicyclic) bond motifs is 1. The molecule has 0 saturated heterocycles. The van der Waals surface area contributed by atoms with E-state index in [2.05, 4.69) is 46.1 Å². The van der Waals surface area contributed by atoms with E-state index in [1.165, 1.54) is 4.88 Å². The third-order valence-electron chi connectivity index (χ3n) is 4.04. The zero-order chi connectivity index (χ0) is 15.5. The van der Waals surface area contributed by atoms with Crippen molar-refractivity contribution in [1.29, 1.82) is 0 Å². The Morgan fingerprint density at radius 1 is 1.36 bits per heavy atom. The SMILES string of the molecule is CC(C)c1nnc2n1CCN(C(=O)CCCc1cccs1)C2. The predicted molar refractivity (Wildman–Crippen MR) is 86.8 cm³/mol. The van der Waals surface area contributed by atoms with Gasteiger partial charge in [0.1, 0.15) is 5.82 Å². The Hall–Kier alpha value is -1.69. The number of carbonyl (C=O) groups excluding carboxylic acids is 1. The lowest BCUT2D eigenvalue weighted by atomic mass is 10.2. The third kappa shape index (κ3) is 3.21. The molecular formula is C16H22N4OS.